The molecule has 3 N–H and O–H groups in total. The number of nitrogens with two attached hydrogens (primary N) is 1. The fraction of sp³-hybridized carbons (Fsp3) is 0.421. The number of imidazole rings is 1. The standard InChI is InChI=1S/C19H26N5O6P/c1-4-29-31(27-3)30-12-14-7-5-6-13(10-14)11-24-17-15(21-19(24)26-2)16(20)22-18(23-17)28-9-8-25/h5-7,10,25H,4,8-9,11-12H2,1-3H3,(H2,20,22,23). The third-order valence-electron chi connectivity index (χ3n) is 4.12. The molecule has 3 aromatic rings. The summed E-state index contributed by atoms with van der Waals surface area (Å²) in [5.74, 6) is 0.168. The van der Waals surface area contributed by atoms with Crippen LogP contribution in [-0.2, 0) is 26.7 Å². The second-order valence-electron chi connectivity index (χ2n) is 6.24. The molecule has 0 aliphatic carbocycles. The van der Waals surface area contributed by atoms with Crippen molar-refractivity contribution in [2.45, 2.75) is 20.1 Å². The number of aromatic nitrogens is 4. The number of nitrogen functional groups attached to an aromatic ring is 1. The van der Waals surface area contributed by atoms with E-state index < -0.39 is 8.60 Å². The molecule has 0 saturated heterocycles. The van der Waals surface area contributed by atoms with E-state index in [0.29, 0.717) is 36.9 Å². The van der Waals surface area contributed by atoms with Crippen molar-refractivity contribution >= 4 is 25.6 Å². The highest BCUT2D eigenvalue weighted by Crippen LogP contribution is 2.39. The third kappa shape index (κ3) is 5.78. The van der Waals surface area contributed by atoms with Crippen LogP contribution in [0.2, 0.25) is 0 Å². The SMILES string of the molecule is CCOP(OC)OCc1cccc(Cn2c(OC)nc3c(N)nc(OCCO)nc32)c1. The zero-order chi connectivity index (χ0) is 22.2. The number of benzene rings is 1. The highest BCUT2D eigenvalue weighted by atomic mass is 31.2. The topological polar surface area (TPSA) is 136 Å². The maximum atomic E-state index is 8.98. The zero-order valence-electron chi connectivity index (χ0n) is 17.6. The quantitative estimate of drug-likeness (QED) is 0.395. The Hall–Kier alpha value is -2.56. The van der Waals surface area contributed by atoms with Crippen molar-refractivity contribution in [2.24, 2.45) is 0 Å². The molecule has 0 spiro atoms. The number of rotatable bonds is 12. The predicted molar refractivity (Wildman–Crippen MR) is 115 cm³/mol. The van der Waals surface area contributed by atoms with Crippen LogP contribution in [0.4, 0.5) is 5.82 Å². The maximum absolute atomic E-state index is 8.98. The van der Waals surface area contributed by atoms with Crippen LogP contribution >= 0.6 is 8.60 Å². The Balaban J connectivity index is 1.86. The number of ether oxygens (including phenoxy) is 2. The van der Waals surface area contributed by atoms with Gasteiger partial charge in [-0.1, -0.05) is 24.3 Å². The molecule has 3 rings (SSSR count). The predicted octanol–water partition coefficient (Wildman–Crippen LogP) is 2.26. The monoisotopic (exact) mass is 451 g/mol. The molecule has 1 atom stereocenters. The molecule has 31 heavy (non-hydrogen) atoms. The van der Waals surface area contributed by atoms with Crippen molar-refractivity contribution in [1.82, 2.24) is 19.5 Å². The molecular weight excluding hydrogens is 425 g/mol. The molecule has 0 radical (unpaired) electrons. The van der Waals surface area contributed by atoms with Gasteiger partial charge < -0.3 is 33.9 Å². The zero-order valence-corrected chi connectivity index (χ0v) is 18.5. The molecule has 0 saturated carbocycles. The van der Waals surface area contributed by atoms with Gasteiger partial charge in [-0.15, -0.1) is 0 Å². The second-order valence-corrected chi connectivity index (χ2v) is 7.57. The van der Waals surface area contributed by atoms with Crippen molar-refractivity contribution < 1.29 is 28.2 Å². The van der Waals surface area contributed by atoms with Crippen LogP contribution in [0, 0.1) is 0 Å². The molecule has 0 fully saturated rings. The maximum Gasteiger partial charge on any atom is 0.332 e. The molecule has 0 aliphatic heterocycles. The van der Waals surface area contributed by atoms with E-state index in [1.807, 2.05) is 31.2 Å². The number of fused-ring (bicyclic) bond motifs is 1. The number of hydrogen-bond acceptors (Lipinski definition) is 10. The van der Waals surface area contributed by atoms with Crippen LogP contribution in [-0.4, -0.2) is 58.7 Å². The van der Waals surface area contributed by atoms with Gasteiger partial charge in [0.2, 0.25) is 0 Å². The lowest BCUT2D eigenvalue weighted by Gasteiger charge is -2.14. The number of aliphatic hydroxyl groups excluding tert-OH is 1. The Morgan fingerprint density at radius 1 is 1.13 bits per heavy atom. The van der Waals surface area contributed by atoms with Gasteiger partial charge in [0.15, 0.2) is 17.0 Å². The normalized spacial score (nSPS) is 12.3. The Labute approximate surface area is 181 Å². The molecule has 1 unspecified atom stereocenters. The summed E-state index contributed by atoms with van der Waals surface area (Å²) in [6.07, 6.45) is 0. The molecule has 0 bridgehead atoms. The van der Waals surface area contributed by atoms with Crippen LogP contribution in [0.5, 0.6) is 12.0 Å². The molecule has 1 aromatic carbocycles. The largest absolute Gasteiger partial charge is 0.468 e. The third-order valence-corrected chi connectivity index (χ3v) is 5.23. The van der Waals surface area contributed by atoms with Gasteiger partial charge in [-0.05, 0) is 18.1 Å². The molecule has 0 amide bonds. The van der Waals surface area contributed by atoms with Crippen LogP contribution in [0.25, 0.3) is 11.2 Å². The van der Waals surface area contributed by atoms with Crippen LogP contribution in [0.15, 0.2) is 24.3 Å². The van der Waals surface area contributed by atoms with Gasteiger partial charge in [-0.3, -0.25) is 4.57 Å². The fourth-order valence-corrected chi connectivity index (χ4v) is 3.61. The molecule has 2 aromatic heterocycles. The lowest BCUT2D eigenvalue weighted by molar-refractivity contribution is 0.180. The Kier molecular flexibility index (Phi) is 8.33. The fourth-order valence-electron chi connectivity index (χ4n) is 2.86. The van der Waals surface area contributed by atoms with Gasteiger partial charge in [0.25, 0.3) is 6.01 Å². The molecule has 168 valence electrons. The van der Waals surface area contributed by atoms with Gasteiger partial charge in [0.1, 0.15) is 6.61 Å². The van der Waals surface area contributed by atoms with E-state index in [-0.39, 0.29) is 25.0 Å². The summed E-state index contributed by atoms with van der Waals surface area (Å²) in [6.45, 7) is 3.08. The summed E-state index contributed by atoms with van der Waals surface area (Å²) in [7, 11) is 1.71. The van der Waals surface area contributed by atoms with Gasteiger partial charge in [0.05, 0.1) is 33.5 Å². The first kappa shape index (κ1) is 23.1. The number of hydrogen-bond donors (Lipinski definition) is 2. The van der Waals surface area contributed by atoms with E-state index in [1.165, 1.54) is 7.11 Å². The van der Waals surface area contributed by atoms with Gasteiger partial charge in [0, 0.05) is 7.11 Å². The summed E-state index contributed by atoms with van der Waals surface area (Å²) in [4.78, 5) is 12.9. The van der Waals surface area contributed by atoms with Gasteiger partial charge in [-0.25, -0.2) is 0 Å². The summed E-state index contributed by atoms with van der Waals surface area (Å²) < 4.78 is 28.8. The van der Waals surface area contributed by atoms with E-state index in [1.54, 1.807) is 11.7 Å². The van der Waals surface area contributed by atoms with E-state index >= 15 is 0 Å². The Bertz CT molecular complexity index is 1000. The minimum atomic E-state index is -1.37. The molecule has 0 aliphatic rings. The Morgan fingerprint density at radius 3 is 2.65 bits per heavy atom. The lowest BCUT2D eigenvalue weighted by Crippen LogP contribution is -2.08. The first-order valence-electron chi connectivity index (χ1n) is 9.58. The first-order valence-corrected chi connectivity index (χ1v) is 10.7. The number of aliphatic hydroxyl groups is 1. The van der Waals surface area contributed by atoms with Crippen LogP contribution in [0.1, 0.15) is 18.1 Å². The Morgan fingerprint density at radius 2 is 1.94 bits per heavy atom. The first-order chi connectivity index (χ1) is 15.1. The van der Waals surface area contributed by atoms with E-state index in [0.717, 1.165) is 11.1 Å². The lowest BCUT2D eigenvalue weighted by atomic mass is 10.1. The van der Waals surface area contributed by atoms with Crippen LogP contribution < -0.4 is 15.2 Å². The number of anilines is 1. The molecule has 12 heteroatoms. The minimum absolute atomic E-state index is 0.0595. The minimum Gasteiger partial charge on any atom is -0.468 e. The average molecular weight is 451 g/mol. The molecular formula is C19H26N5O6P. The smallest absolute Gasteiger partial charge is 0.332 e. The highest BCUT2D eigenvalue weighted by Gasteiger charge is 2.18. The summed E-state index contributed by atoms with van der Waals surface area (Å²) in [6, 6.07) is 8.29. The van der Waals surface area contributed by atoms with E-state index in [4.69, 9.17) is 33.9 Å². The van der Waals surface area contributed by atoms with E-state index in [2.05, 4.69) is 15.0 Å². The van der Waals surface area contributed by atoms with Crippen molar-refractivity contribution in [3.63, 3.8) is 0 Å². The number of methoxy groups -OCH3 is 1. The van der Waals surface area contributed by atoms with Gasteiger partial charge >= 0.3 is 14.6 Å². The summed E-state index contributed by atoms with van der Waals surface area (Å²) in [5, 5.41) is 8.98. The second kappa shape index (κ2) is 11.2. The molecule has 11 nitrogen and oxygen atoms in total. The van der Waals surface area contributed by atoms with Crippen molar-refractivity contribution in [3.05, 3.63) is 35.4 Å². The van der Waals surface area contributed by atoms with Gasteiger partial charge in [-0.2, -0.15) is 15.0 Å². The average Bonchev–Trinajstić information content (AvgIpc) is 3.13. The molecule has 2 heterocycles. The van der Waals surface area contributed by atoms with E-state index in [9.17, 15) is 0 Å². The van der Waals surface area contributed by atoms with Crippen molar-refractivity contribution in [1.29, 1.82) is 0 Å². The van der Waals surface area contributed by atoms with Crippen molar-refractivity contribution in [2.75, 3.05) is 39.8 Å². The summed E-state index contributed by atoms with van der Waals surface area (Å²) >= 11 is 0. The van der Waals surface area contributed by atoms with Crippen molar-refractivity contribution in [3.8, 4) is 12.0 Å². The van der Waals surface area contributed by atoms with Crippen LogP contribution in [0.3, 0.4) is 0 Å². The number of nitrogens with zero attached hydrogens (tertiary/aromatic N) is 4. The highest BCUT2D eigenvalue weighted by molar-refractivity contribution is 7.41. The summed E-state index contributed by atoms with van der Waals surface area (Å²) in [5.41, 5.74) is 8.85.